The van der Waals surface area contributed by atoms with Gasteiger partial charge in [0.2, 0.25) is 11.7 Å². The molecule has 0 unspecified atom stereocenters. The Labute approximate surface area is 168 Å². The van der Waals surface area contributed by atoms with Gasteiger partial charge in [0, 0.05) is 30.1 Å². The van der Waals surface area contributed by atoms with E-state index in [1.165, 1.54) is 17.7 Å². The first-order valence-corrected chi connectivity index (χ1v) is 10.1. The van der Waals surface area contributed by atoms with Crippen molar-refractivity contribution >= 4 is 5.91 Å². The van der Waals surface area contributed by atoms with Gasteiger partial charge in [-0.25, -0.2) is 4.39 Å². The van der Waals surface area contributed by atoms with Crippen LogP contribution < -0.4 is 0 Å². The van der Waals surface area contributed by atoms with E-state index >= 15 is 0 Å². The minimum absolute atomic E-state index is 0.0888. The molecule has 3 aromatic rings. The van der Waals surface area contributed by atoms with Crippen molar-refractivity contribution in [2.75, 3.05) is 0 Å². The van der Waals surface area contributed by atoms with E-state index in [0.29, 0.717) is 23.2 Å². The molecule has 0 radical (unpaired) electrons. The molecule has 2 bridgehead atoms. The Hall–Kier alpha value is -3.02. The van der Waals surface area contributed by atoms with Crippen LogP contribution in [0.2, 0.25) is 0 Å². The van der Waals surface area contributed by atoms with E-state index in [1.54, 1.807) is 6.92 Å². The summed E-state index contributed by atoms with van der Waals surface area (Å²) in [7, 11) is 0. The van der Waals surface area contributed by atoms with Gasteiger partial charge >= 0.3 is 0 Å². The predicted molar refractivity (Wildman–Crippen MR) is 106 cm³/mol. The van der Waals surface area contributed by atoms with Crippen LogP contribution in [0.5, 0.6) is 0 Å². The maximum absolute atomic E-state index is 13.2. The molecule has 0 N–H and O–H groups in total. The highest BCUT2D eigenvalue weighted by Crippen LogP contribution is 2.43. The van der Waals surface area contributed by atoms with Crippen LogP contribution in [-0.2, 0) is 0 Å². The van der Waals surface area contributed by atoms with Gasteiger partial charge in [-0.05, 0) is 61.4 Å². The van der Waals surface area contributed by atoms with Crippen LogP contribution in [0.3, 0.4) is 0 Å². The number of hydrogen-bond acceptors (Lipinski definition) is 4. The van der Waals surface area contributed by atoms with Crippen LogP contribution in [0.1, 0.15) is 53.4 Å². The maximum Gasteiger partial charge on any atom is 0.254 e. The maximum atomic E-state index is 13.2. The Morgan fingerprint density at radius 2 is 1.69 bits per heavy atom. The second kappa shape index (κ2) is 7.10. The zero-order valence-electron chi connectivity index (χ0n) is 16.2. The first-order valence-electron chi connectivity index (χ1n) is 10.1. The fraction of sp³-hybridized carbons (Fsp3) is 0.348. The number of benzene rings is 2. The number of aryl methyl sites for hydroxylation is 1. The summed E-state index contributed by atoms with van der Waals surface area (Å²) in [5.74, 6) is 1.32. The standard InChI is InChI=1S/C23H22FN3O2/c1-14-25-22(26-29-14)16-2-4-17(5-3-16)23(28)27-20-10-11-21(27)13-18(12-20)15-6-8-19(24)9-7-15/h2-9,18,20-21H,10-13H2,1H3/t18-,20+,21-. The van der Waals surface area contributed by atoms with Gasteiger partial charge in [-0.15, -0.1) is 0 Å². The first kappa shape index (κ1) is 18.0. The van der Waals surface area contributed by atoms with Crippen LogP contribution in [0.25, 0.3) is 11.4 Å². The molecule has 5 nitrogen and oxygen atoms in total. The van der Waals surface area contributed by atoms with Gasteiger partial charge in [0.05, 0.1) is 0 Å². The summed E-state index contributed by atoms with van der Waals surface area (Å²) in [5.41, 5.74) is 2.69. The van der Waals surface area contributed by atoms with Crippen LogP contribution in [0, 0.1) is 12.7 Å². The number of rotatable bonds is 3. The number of aromatic nitrogens is 2. The Morgan fingerprint density at radius 3 is 2.28 bits per heavy atom. The average molecular weight is 391 g/mol. The molecule has 1 aromatic heterocycles. The zero-order chi connectivity index (χ0) is 20.0. The van der Waals surface area contributed by atoms with Crippen molar-refractivity contribution in [3.05, 3.63) is 71.4 Å². The molecule has 0 spiro atoms. The van der Waals surface area contributed by atoms with E-state index in [0.717, 1.165) is 31.2 Å². The third-order valence-corrected chi connectivity index (χ3v) is 6.23. The Balaban J connectivity index is 1.32. The Kier molecular flexibility index (Phi) is 4.42. The van der Waals surface area contributed by atoms with E-state index in [4.69, 9.17) is 4.52 Å². The molecular formula is C23H22FN3O2. The number of amides is 1. The molecule has 5 rings (SSSR count). The third-order valence-electron chi connectivity index (χ3n) is 6.23. The molecule has 2 saturated heterocycles. The summed E-state index contributed by atoms with van der Waals surface area (Å²) >= 11 is 0. The van der Waals surface area contributed by atoms with Crippen LogP contribution in [0.15, 0.2) is 53.1 Å². The van der Waals surface area contributed by atoms with E-state index in [1.807, 2.05) is 36.4 Å². The molecule has 2 aromatic carbocycles. The molecular weight excluding hydrogens is 369 g/mol. The van der Waals surface area contributed by atoms with Crippen LogP contribution in [0.4, 0.5) is 4.39 Å². The number of hydrogen-bond donors (Lipinski definition) is 0. The van der Waals surface area contributed by atoms with Gasteiger partial charge < -0.3 is 9.42 Å². The quantitative estimate of drug-likeness (QED) is 0.647. The summed E-state index contributed by atoms with van der Waals surface area (Å²) in [4.78, 5) is 19.5. The lowest BCUT2D eigenvalue weighted by molar-refractivity contribution is 0.0571. The van der Waals surface area contributed by atoms with E-state index < -0.39 is 0 Å². The third kappa shape index (κ3) is 3.33. The molecule has 148 valence electrons. The van der Waals surface area contributed by atoms with Crippen molar-refractivity contribution in [2.24, 2.45) is 0 Å². The number of fused-ring (bicyclic) bond motifs is 2. The molecule has 0 aliphatic carbocycles. The van der Waals surface area contributed by atoms with Crippen molar-refractivity contribution < 1.29 is 13.7 Å². The second-order valence-corrected chi connectivity index (χ2v) is 8.03. The van der Waals surface area contributed by atoms with E-state index in [2.05, 4.69) is 15.0 Å². The van der Waals surface area contributed by atoms with Crippen molar-refractivity contribution in [1.82, 2.24) is 15.0 Å². The summed E-state index contributed by atoms with van der Waals surface area (Å²) in [6.07, 6.45) is 3.95. The molecule has 1 amide bonds. The minimum atomic E-state index is -0.205. The summed E-state index contributed by atoms with van der Waals surface area (Å²) in [6.45, 7) is 1.75. The van der Waals surface area contributed by atoms with Crippen molar-refractivity contribution in [3.8, 4) is 11.4 Å². The molecule has 2 aliphatic heterocycles. The monoisotopic (exact) mass is 391 g/mol. The van der Waals surface area contributed by atoms with Gasteiger partial charge in [0.15, 0.2) is 0 Å². The average Bonchev–Trinajstić information content (AvgIpc) is 3.28. The van der Waals surface area contributed by atoms with Crippen molar-refractivity contribution in [3.63, 3.8) is 0 Å². The van der Waals surface area contributed by atoms with Crippen LogP contribution in [-0.4, -0.2) is 33.0 Å². The van der Waals surface area contributed by atoms with Crippen LogP contribution >= 0.6 is 0 Å². The van der Waals surface area contributed by atoms with Crippen molar-refractivity contribution in [2.45, 2.75) is 50.6 Å². The number of nitrogens with zero attached hydrogens (tertiary/aromatic N) is 3. The molecule has 3 atom stereocenters. The van der Waals surface area contributed by atoms with Gasteiger partial charge in [-0.3, -0.25) is 4.79 Å². The highest BCUT2D eigenvalue weighted by atomic mass is 19.1. The molecule has 6 heteroatoms. The van der Waals surface area contributed by atoms with Crippen molar-refractivity contribution in [1.29, 1.82) is 0 Å². The Bertz CT molecular complexity index is 1020. The van der Waals surface area contributed by atoms with Gasteiger partial charge in [-0.1, -0.05) is 29.4 Å². The summed E-state index contributed by atoms with van der Waals surface area (Å²) in [5, 5.41) is 3.92. The summed E-state index contributed by atoms with van der Waals surface area (Å²) in [6, 6.07) is 14.7. The normalized spacial score (nSPS) is 23.4. The lowest BCUT2D eigenvalue weighted by atomic mass is 9.85. The minimum Gasteiger partial charge on any atom is -0.339 e. The van der Waals surface area contributed by atoms with E-state index in [-0.39, 0.29) is 23.8 Å². The first-order chi connectivity index (χ1) is 14.1. The number of halogens is 1. The lowest BCUT2D eigenvalue weighted by Gasteiger charge is -2.39. The van der Waals surface area contributed by atoms with Gasteiger partial charge in [0.1, 0.15) is 5.82 Å². The number of piperidine rings is 1. The Morgan fingerprint density at radius 1 is 1.03 bits per heavy atom. The molecule has 2 aliphatic rings. The van der Waals surface area contributed by atoms with Gasteiger partial charge in [-0.2, -0.15) is 4.98 Å². The second-order valence-electron chi connectivity index (χ2n) is 8.03. The SMILES string of the molecule is Cc1nc(-c2ccc(C(=O)N3[C@@H]4CC[C@H]3C[C@@H](c3ccc(F)cc3)C4)cc2)no1. The highest BCUT2D eigenvalue weighted by Gasteiger charge is 2.43. The number of carbonyl (C=O) groups excluding carboxylic acids is 1. The molecule has 3 heterocycles. The van der Waals surface area contributed by atoms with Gasteiger partial charge in [0.25, 0.3) is 5.91 Å². The molecule has 0 saturated carbocycles. The highest BCUT2D eigenvalue weighted by molar-refractivity contribution is 5.95. The molecule has 2 fully saturated rings. The number of carbonyl (C=O) groups is 1. The fourth-order valence-corrected chi connectivity index (χ4v) is 4.84. The molecule has 29 heavy (non-hydrogen) atoms. The topological polar surface area (TPSA) is 59.2 Å². The lowest BCUT2D eigenvalue weighted by Crippen LogP contribution is -2.46. The predicted octanol–water partition coefficient (Wildman–Crippen LogP) is 4.73. The summed E-state index contributed by atoms with van der Waals surface area (Å²) < 4.78 is 18.3. The largest absolute Gasteiger partial charge is 0.339 e. The smallest absolute Gasteiger partial charge is 0.254 e. The zero-order valence-corrected chi connectivity index (χ0v) is 16.2. The fourth-order valence-electron chi connectivity index (χ4n) is 4.84. The van der Waals surface area contributed by atoms with E-state index in [9.17, 15) is 9.18 Å².